The van der Waals surface area contributed by atoms with Gasteiger partial charge in [-0.3, -0.25) is 14.8 Å². The molecule has 0 saturated carbocycles. The van der Waals surface area contributed by atoms with E-state index in [4.69, 9.17) is 4.42 Å². The van der Waals surface area contributed by atoms with Gasteiger partial charge in [0, 0.05) is 36.2 Å². The van der Waals surface area contributed by atoms with E-state index in [0.29, 0.717) is 17.4 Å². The van der Waals surface area contributed by atoms with Crippen LogP contribution in [0.4, 0.5) is 5.95 Å². The SMILES string of the molecule is CC(C)N1CCC(c2nc(C(=O)Nc3ncc4ccc(-c5cn(C)nn5)cc4n3)co2)CC1. The molecule has 0 aliphatic carbocycles. The number of rotatable bonds is 5. The van der Waals surface area contributed by atoms with Crippen molar-refractivity contribution in [2.75, 3.05) is 18.4 Å². The van der Waals surface area contributed by atoms with Crippen molar-refractivity contribution in [2.24, 2.45) is 7.05 Å². The number of oxazole rings is 1. The first-order valence-corrected chi connectivity index (χ1v) is 11.1. The average molecular weight is 447 g/mol. The number of fused-ring (bicyclic) bond motifs is 1. The number of carbonyl (C=O) groups is 1. The maximum Gasteiger partial charge on any atom is 0.279 e. The molecule has 0 bridgehead atoms. The Hall–Kier alpha value is -3.66. The summed E-state index contributed by atoms with van der Waals surface area (Å²) in [5.41, 5.74) is 2.56. The van der Waals surface area contributed by atoms with Crippen molar-refractivity contribution < 1.29 is 9.21 Å². The summed E-state index contributed by atoms with van der Waals surface area (Å²) in [6.45, 7) is 6.43. The van der Waals surface area contributed by atoms with Crippen LogP contribution in [0.25, 0.3) is 22.2 Å². The molecule has 1 N–H and O–H groups in total. The molecule has 10 heteroatoms. The molecule has 1 amide bonds. The van der Waals surface area contributed by atoms with Crippen LogP contribution in [0.3, 0.4) is 0 Å². The average Bonchev–Trinajstić information content (AvgIpc) is 3.48. The summed E-state index contributed by atoms with van der Waals surface area (Å²) in [5.74, 6) is 0.669. The first-order chi connectivity index (χ1) is 16.0. The fourth-order valence-electron chi connectivity index (χ4n) is 4.13. The van der Waals surface area contributed by atoms with E-state index in [1.807, 2.05) is 31.4 Å². The van der Waals surface area contributed by atoms with Crippen LogP contribution in [0.1, 0.15) is 49.0 Å². The molecule has 1 saturated heterocycles. The Morgan fingerprint density at radius 2 is 2.03 bits per heavy atom. The lowest BCUT2D eigenvalue weighted by atomic mass is 9.96. The summed E-state index contributed by atoms with van der Waals surface area (Å²) >= 11 is 0. The predicted molar refractivity (Wildman–Crippen MR) is 123 cm³/mol. The van der Waals surface area contributed by atoms with Crippen molar-refractivity contribution in [1.29, 1.82) is 0 Å². The van der Waals surface area contributed by atoms with Crippen LogP contribution < -0.4 is 5.32 Å². The van der Waals surface area contributed by atoms with Crippen molar-refractivity contribution in [3.8, 4) is 11.3 Å². The molecule has 0 radical (unpaired) electrons. The van der Waals surface area contributed by atoms with E-state index in [1.54, 1.807) is 10.9 Å². The van der Waals surface area contributed by atoms with Gasteiger partial charge in [0.15, 0.2) is 11.6 Å². The molecular formula is C23H26N8O2. The quantitative estimate of drug-likeness (QED) is 0.497. The van der Waals surface area contributed by atoms with Crippen molar-refractivity contribution in [3.63, 3.8) is 0 Å². The van der Waals surface area contributed by atoms with Crippen molar-refractivity contribution >= 4 is 22.8 Å². The number of hydrogen-bond acceptors (Lipinski definition) is 8. The van der Waals surface area contributed by atoms with Gasteiger partial charge < -0.3 is 9.32 Å². The lowest BCUT2D eigenvalue weighted by Gasteiger charge is -2.33. The molecule has 1 aliphatic heterocycles. The van der Waals surface area contributed by atoms with Crippen LogP contribution in [-0.2, 0) is 7.05 Å². The third-order valence-electron chi connectivity index (χ3n) is 6.07. The standard InChI is InChI=1S/C23H26N8O2/c1-14(2)31-8-6-15(7-9-31)22-25-20(13-33-22)21(32)27-23-24-11-17-5-4-16(10-18(17)26-23)19-12-30(3)29-28-19/h4-5,10-15H,6-9H2,1-3H3,(H,24,26,27,32). The highest BCUT2D eigenvalue weighted by atomic mass is 16.3. The van der Waals surface area contributed by atoms with Gasteiger partial charge in [-0.15, -0.1) is 5.10 Å². The van der Waals surface area contributed by atoms with Gasteiger partial charge in [0.25, 0.3) is 5.91 Å². The first kappa shape index (κ1) is 21.2. The minimum Gasteiger partial charge on any atom is -0.448 e. The van der Waals surface area contributed by atoms with E-state index in [2.05, 4.69) is 49.3 Å². The lowest BCUT2D eigenvalue weighted by Crippen LogP contribution is -2.37. The molecule has 3 aromatic heterocycles. The van der Waals surface area contributed by atoms with Gasteiger partial charge in [-0.2, -0.15) is 0 Å². The van der Waals surface area contributed by atoms with Gasteiger partial charge in [-0.25, -0.2) is 15.0 Å². The monoisotopic (exact) mass is 446 g/mol. The summed E-state index contributed by atoms with van der Waals surface area (Å²) < 4.78 is 7.29. The molecule has 4 heterocycles. The highest BCUT2D eigenvalue weighted by Crippen LogP contribution is 2.28. The lowest BCUT2D eigenvalue weighted by molar-refractivity contribution is 0.102. The number of benzene rings is 1. The number of aryl methyl sites for hydroxylation is 1. The fraction of sp³-hybridized carbons (Fsp3) is 0.391. The Morgan fingerprint density at radius 1 is 1.21 bits per heavy atom. The van der Waals surface area contributed by atoms with Crippen LogP contribution in [0.15, 0.2) is 41.3 Å². The molecule has 10 nitrogen and oxygen atoms in total. The Balaban J connectivity index is 1.29. The van der Waals surface area contributed by atoms with Gasteiger partial charge in [-0.1, -0.05) is 17.3 Å². The summed E-state index contributed by atoms with van der Waals surface area (Å²) in [7, 11) is 1.82. The molecular weight excluding hydrogens is 420 g/mol. The van der Waals surface area contributed by atoms with Crippen LogP contribution in [0.5, 0.6) is 0 Å². The number of carbonyl (C=O) groups excluding carboxylic acids is 1. The number of likely N-dealkylation sites (tertiary alicyclic amines) is 1. The van der Waals surface area contributed by atoms with Gasteiger partial charge in [0.2, 0.25) is 5.95 Å². The number of nitrogens with one attached hydrogen (secondary N) is 1. The molecule has 170 valence electrons. The van der Waals surface area contributed by atoms with E-state index in [1.165, 1.54) is 6.26 Å². The largest absolute Gasteiger partial charge is 0.448 e. The van der Waals surface area contributed by atoms with Crippen molar-refractivity contribution in [1.82, 2.24) is 34.8 Å². The molecule has 1 aliphatic rings. The Kier molecular flexibility index (Phi) is 5.59. The maximum atomic E-state index is 12.7. The van der Waals surface area contributed by atoms with Gasteiger partial charge in [0.1, 0.15) is 12.0 Å². The van der Waals surface area contributed by atoms with Gasteiger partial charge in [0.05, 0.1) is 11.7 Å². The number of amides is 1. The van der Waals surface area contributed by atoms with E-state index in [0.717, 1.165) is 42.6 Å². The molecule has 0 atom stereocenters. The van der Waals surface area contributed by atoms with Gasteiger partial charge >= 0.3 is 0 Å². The third-order valence-corrected chi connectivity index (χ3v) is 6.07. The van der Waals surface area contributed by atoms with Crippen molar-refractivity contribution in [2.45, 2.75) is 38.6 Å². The first-order valence-electron chi connectivity index (χ1n) is 11.1. The molecule has 4 aromatic rings. The summed E-state index contributed by atoms with van der Waals surface area (Å²) in [6.07, 6.45) is 6.87. The molecule has 1 fully saturated rings. The number of anilines is 1. The second kappa shape index (κ2) is 8.70. The summed E-state index contributed by atoms with van der Waals surface area (Å²) in [4.78, 5) is 28.4. The van der Waals surface area contributed by atoms with E-state index >= 15 is 0 Å². The molecule has 0 spiro atoms. The van der Waals surface area contributed by atoms with E-state index < -0.39 is 5.91 Å². The zero-order chi connectivity index (χ0) is 22.9. The number of aromatic nitrogens is 6. The zero-order valence-electron chi connectivity index (χ0n) is 18.9. The second-order valence-electron chi connectivity index (χ2n) is 8.67. The van der Waals surface area contributed by atoms with Crippen LogP contribution in [-0.4, -0.2) is 59.9 Å². The van der Waals surface area contributed by atoms with E-state index in [-0.39, 0.29) is 17.6 Å². The fourth-order valence-corrected chi connectivity index (χ4v) is 4.13. The smallest absolute Gasteiger partial charge is 0.279 e. The highest BCUT2D eigenvalue weighted by Gasteiger charge is 2.26. The van der Waals surface area contributed by atoms with Crippen LogP contribution in [0, 0.1) is 0 Å². The predicted octanol–water partition coefficient (Wildman–Crippen LogP) is 3.25. The highest BCUT2D eigenvalue weighted by molar-refractivity contribution is 6.02. The van der Waals surface area contributed by atoms with E-state index in [9.17, 15) is 4.79 Å². The van der Waals surface area contributed by atoms with Crippen molar-refractivity contribution in [3.05, 3.63) is 48.4 Å². The zero-order valence-corrected chi connectivity index (χ0v) is 18.9. The second-order valence-corrected chi connectivity index (χ2v) is 8.67. The minimum absolute atomic E-state index is 0.207. The number of piperidine rings is 1. The molecule has 0 unspecified atom stereocenters. The third kappa shape index (κ3) is 4.47. The van der Waals surface area contributed by atoms with Crippen LogP contribution >= 0.6 is 0 Å². The number of hydrogen-bond donors (Lipinski definition) is 1. The minimum atomic E-state index is -0.394. The van der Waals surface area contributed by atoms with Crippen LogP contribution in [0.2, 0.25) is 0 Å². The summed E-state index contributed by atoms with van der Waals surface area (Å²) in [5, 5.41) is 11.7. The summed E-state index contributed by atoms with van der Waals surface area (Å²) in [6, 6.07) is 6.29. The molecule has 5 rings (SSSR count). The molecule has 33 heavy (non-hydrogen) atoms. The topological polar surface area (TPSA) is 115 Å². The maximum absolute atomic E-state index is 12.7. The molecule has 1 aromatic carbocycles. The van der Waals surface area contributed by atoms with Gasteiger partial charge in [-0.05, 0) is 45.8 Å². The Labute approximate surface area is 191 Å². The Morgan fingerprint density at radius 3 is 2.76 bits per heavy atom. The normalized spacial score (nSPS) is 15.4. The Bertz CT molecular complexity index is 1290. The number of nitrogens with zero attached hydrogens (tertiary/aromatic N) is 7.